The molecule has 0 aromatic heterocycles. The number of amides is 2. The van der Waals surface area contributed by atoms with Crippen molar-refractivity contribution in [2.45, 2.75) is 58.0 Å². The van der Waals surface area contributed by atoms with E-state index >= 15 is 0 Å². The van der Waals surface area contributed by atoms with Crippen molar-refractivity contribution in [3.05, 3.63) is 69.7 Å². The summed E-state index contributed by atoms with van der Waals surface area (Å²) in [5, 5.41) is 4.19. The molecule has 0 bridgehead atoms. The number of nitrogens with one attached hydrogen (secondary N) is 1. The molecule has 0 saturated heterocycles. The Labute approximate surface area is 199 Å². The van der Waals surface area contributed by atoms with Crippen molar-refractivity contribution in [1.82, 2.24) is 10.2 Å². The topological polar surface area (TPSA) is 49.4 Å². The van der Waals surface area contributed by atoms with Crippen molar-refractivity contribution in [2.24, 2.45) is 0 Å². The second-order valence-electron chi connectivity index (χ2n) is 8.36. The smallest absolute Gasteiger partial charge is 0.243 e. The van der Waals surface area contributed by atoms with Crippen molar-refractivity contribution in [3.8, 4) is 0 Å². The number of rotatable bonds is 9. The van der Waals surface area contributed by atoms with Gasteiger partial charge in [0.2, 0.25) is 11.8 Å². The van der Waals surface area contributed by atoms with E-state index in [4.69, 9.17) is 23.2 Å². The highest BCUT2D eigenvalue weighted by Crippen LogP contribution is 2.28. The van der Waals surface area contributed by atoms with E-state index in [0.717, 1.165) is 11.1 Å². The number of halogens is 2. The van der Waals surface area contributed by atoms with E-state index in [0.29, 0.717) is 28.8 Å². The minimum Gasteiger partial charge on any atom is -0.350 e. The van der Waals surface area contributed by atoms with Crippen molar-refractivity contribution in [2.75, 3.05) is 5.75 Å². The maximum atomic E-state index is 13.2. The van der Waals surface area contributed by atoms with E-state index in [-0.39, 0.29) is 23.1 Å². The van der Waals surface area contributed by atoms with Crippen LogP contribution in [0.2, 0.25) is 10.0 Å². The van der Waals surface area contributed by atoms with Gasteiger partial charge in [-0.05, 0) is 50.5 Å². The maximum Gasteiger partial charge on any atom is 0.243 e. The van der Waals surface area contributed by atoms with E-state index in [1.807, 2.05) is 58.0 Å². The Morgan fingerprint density at radius 1 is 1.03 bits per heavy atom. The fourth-order valence-electron chi connectivity index (χ4n) is 3.15. The average Bonchev–Trinajstić information content (AvgIpc) is 2.69. The molecule has 2 amide bonds. The fraction of sp³-hybridized carbons (Fsp3) is 0.417. The first-order chi connectivity index (χ1) is 14.6. The lowest BCUT2D eigenvalue weighted by Gasteiger charge is -2.33. The van der Waals surface area contributed by atoms with Crippen molar-refractivity contribution < 1.29 is 9.59 Å². The highest BCUT2D eigenvalue weighted by molar-refractivity contribution is 7.99. The van der Waals surface area contributed by atoms with Crippen molar-refractivity contribution >= 4 is 46.8 Å². The molecule has 1 N–H and O–H groups in total. The van der Waals surface area contributed by atoms with Crippen LogP contribution in [0.4, 0.5) is 0 Å². The first-order valence-electron chi connectivity index (χ1n) is 10.3. The molecule has 0 aliphatic heterocycles. The largest absolute Gasteiger partial charge is 0.350 e. The zero-order chi connectivity index (χ0) is 23.0. The van der Waals surface area contributed by atoms with Gasteiger partial charge in [-0.2, -0.15) is 0 Å². The van der Waals surface area contributed by atoms with Gasteiger partial charge in [-0.1, -0.05) is 66.5 Å². The monoisotopic (exact) mass is 480 g/mol. The van der Waals surface area contributed by atoms with E-state index in [1.165, 1.54) is 11.8 Å². The second-order valence-corrected chi connectivity index (χ2v) is 10.2. The van der Waals surface area contributed by atoms with Crippen molar-refractivity contribution in [3.63, 3.8) is 0 Å². The first-order valence-corrected chi connectivity index (χ1v) is 12.2. The lowest BCUT2D eigenvalue weighted by Crippen LogP contribution is -2.53. The Hall–Kier alpha value is -1.69. The number of benzene rings is 2. The van der Waals surface area contributed by atoms with Crippen LogP contribution in [-0.4, -0.2) is 34.0 Å². The standard InChI is InChI=1S/C24H30Cl2N2O2S/c1-5-21(23(30)27-24(2,3)4)28(14-17-10-7-6-8-11-17)22(29)16-31-15-18-19(25)12-9-13-20(18)26/h6-13,21H,5,14-16H2,1-4H3,(H,27,30)/t21-/m0/s1. The second kappa shape index (κ2) is 11.8. The minimum atomic E-state index is -0.545. The van der Waals surface area contributed by atoms with E-state index in [9.17, 15) is 9.59 Å². The van der Waals surface area contributed by atoms with Gasteiger partial charge < -0.3 is 10.2 Å². The summed E-state index contributed by atoms with van der Waals surface area (Å²) in [6.07, 6.45) is 0.529. The number of hydrogen-bond donors (Lipinski definition) is 1. The summed E-state index contributed by atoms with van der Waals surface area (Å²) in [6, 6.07) is 14.6. The van der Waals surface area contributed by atoms with Crippen molar-refractivity contribution in [1.29, 1.82) is 0 Å². The van der Waals surface area contributed by atoms with Gasteiger partial charge in [-0.15, -0.1) is 11.8 Å². The molecule has 2 aromatic rings. The molecule has 168 valence electrons. The van der Waals surface area contributed by atoms with Gasteiger partial charge in [0, 0.05) is 27.9 Å². The Morgan fingerprint density at radius 3 is 2.19 bits per heavy atom. The van der Waals surface area contributed by atoms with Gasteiger partial charge in [0.25, 0.3) is 0 Å². The van der Waals surface area contributed by atoms with Gasteiger partial charge in [0.1, 0.15) is 6.04 Å². The molecule has 0 heterocycles. The molecule has 2 rings (SSSR count). The van der Waals surface area contributed by atoms with Crippen LogP contribution in [0.15, 0.2) is 48.5 Å². The summed E-state index contributed by atoms with van der Waals surface area (Å²) >= 11 is 13.9. The number of thioether (sulfide) groups is 1. The first kappa shape index (κ1) is 25.6. The molecular formula is C24H30Cl2N2O2S. The molecule has 0 saturated carbocycles. The highest BCUT2D eigenvalue weighted by Gasteiger charge is 2.30. The summed E-state index contributed by atoms with van der Waals surface area (Å²) in [6.45, 7) is 8.11. The predicted molar refractivity (Wildman–Crippen MR) is 132 cm³/mol. The van der Waals surface area contributed by atoms with Gasteiger partial charge >= 0.3 is 0 Å². The number of carbonyl (C=O) groups is 2. The van der Waals surface area contributed by atoms with Crippen LogP contribution < -0.4 is 5.32 Å². The van der Waals surface area contributed by atoms with Crippen LogP contribution in [0.1, 0.15) is 45.2 Å². The lowest BCUT2D eigenvalue weighted by molar-refractivity contribution is -0.140. The maximum absolute atomic E-state index is 13.2. The Bertz CT molecular complexity index is 865. The van der Waals surface area contributed by atoms with Crippen LogP contribution in [0, 0.1) is 0 Å². The molecule has 31 heavy (non-hydrogen) atoms. The molecule has 2 aromatic carbocycles. The lowest BCUT2D eigenvalue weighted by atomic mass is 10.1. The van der Waals surface area contributed by atoms with Crippen LogP contribution >= 0.6 is 35.0 Å². The SMILES string of the molecule is CC[C@@H](C(=O)NC(C)(C)C)N(Cc1ccccc1)C(=O)CSCc1c(Cl)cccc1Cl. The number of carbonyl (C=O) groups excluding carboxylic acids is 2. The molecule has 4 nitrogen and oxygen atoms in total. The summed E-state index contributed by atoms with van der Waals surface area (Å²) in [5.41, 5.74) is 1.43. The molecule has 0 aliphatic rings. The van der Waals surface area contributed by atoms with Crippen LogP contribution in [0.5, 0.6) is 0 Å². The molecule has 0 fully saturated rings. The predicted octanol–water partition coefficient (Wildman–Crippen LogP) is 5.95. The Kier molecular flexibility index (Phi) is 9.73. The van der Waals surface area contributed by atoms with Gasteiger partial charge in [-0.3, -0.25) is 9.59 Å². The Morgan fingerprint density at radius 2 is 1.65 bits per heavy atom. The van der Waals surface area contributed by atoms with Crippen LogP contribution in [0.3, 0.4) is 0 Å². The molecular weight excluding hydrogens is 451 g/mol. The van der Waals surface area contributed by atoms with E-state index in [1.54, 1.807) is 23.1 Å². The molecule has 0 radical (unpaired) electrons. The molecule has 0 spiro atoms. The Balaban J connectivity index is 2.16. The third-order valence-electron chi connectivity index (χ3n) is 4.61. The number of hydrogen-bond acceptors (Lipinski definition) is 3. The normalized spacial score (nSPS) is 12.3. The van der Waals surface area contributed by atoms with Gasteiger partial charge in [-0.25, -0.2) is 0 Å². The zero-order valence-corrected chi connectivity index (χ0v) is 20.8. The van der Waals surface area contributed by atoms with Gasteiger partial charge in [0.05, 0.1) is 5.75 Å². The molecule has 0 aliphatic carbocycles. The summed E-state index contributed by atoms with van der Waals surface area (Å²) in [5.74, 6) is 0.522. The highest BCUT2D eigenvalue weighted by atomic mass is 35.5. The molecule has 0 unspecified atom stereocenters. The molecule has 1 atom stereocenters. The summed E-state index contributed by atoms with van der Waals surface area (Å²) < 4.78 is 0. The third-order valence-corrected chi connectivity index (χ3v) is 6.27. The third kappa shape index (κ3) is 8.06. The van der Waals surface area contributed by atoms with E-state index in [2.05, 4.69) is 5.32 Å². The number of nitrogens with zero attached hydrogens (tertiary/aromatic N) is 1. The van der Waals surface area contributed by atoms with E-state index < -0.39 is 6.04 Å². The van der Waals surface area contributed by atoms with Crippen LogP contribution in [0.25, 0.3) is 0 Å². The summed E-state index contributed by atoms with van der Waals surface area (Å²) in [4.78, 5) is 27.9. The van der Waals surface area contributed by atoms with Gasteiger partial charge in [0.15, 0.2) is 0 Å². The average molecular weight is 481 g/mol. The summed E-state index contributed by atoms with van der Waals surface area (Å²) in [7, 11) is 0. The fourth-order valence-corrected chi connectivity index (χ4v) is 4.79. The van der Waals surface area contributed by atoms with Crippen LogP contribution in [-0.2, 0) is 21.9 Å². The minimum absolute atomic E-state index is 0.0899. The molecule has 7 heteroatoms. The zero-order valence-electron chi connectivity index (χ0n) is 18.5. The quantitative estimate of drug-likeness (QED) is 0.482.